The molecule has 0 aromatic rings. The van der Waals surface area contributed by atoms with E-state index in [-0.39, 0.29) is 19.1 Å². The monoisotopic (exact) mass is 505 g/mol. The first-order chi connectivity index (χ1) is 16.4. The van der Waals surface area contributed by atoms with Gasteiger partial charge in [-0.2, -0.15) is 11.8 Å². The van der Waals surface area contributed by atoms with Crippen LogP contribution in [0, 0.1) is 0 Å². The first-order valence-corrected chi connectivity index (χ1v) is 14.4. The highest BCUT2D eigenvalue weighted by atomic mass is 32.2. The number of aliphatic hydroxyl groups excluding tert-OH is 3. The van der Waals surface area contributed by atoms with Gasteiger partial charge in [0.25, 0.3) is 0 Å². The smallest absolute Gasteiger partial charge is 0.326 e. The van der Waals surface area contributed by atoms with Gasteiger partial charge in [0.2, 0.25) is 5.91 Å². The first-order valence-electron chi connectivity index (χ1n) is 13.0. The average molecular weight is 506 g/mol. The Morgan fingerprint density at radius 2 is 1.35 bits per heavy atom. The van der Waals surface area contributed by atoms with Crippen molar-refractivity contribution in [1.29, 1.82) is 0 Å². The molecule has 0 aromatic heterocycles. The molecule has 8 heteroatoms. The molecule has 34 heavy (non-hydrogen) atoms. The number of carboxylic acids is 1. The molecule has 7 nitrogen and oxygen atoms in total. The summed E-state index contributed by atoms with van der Waals surface area (Å²) in [5.74, 6) is -0.330. The second-order valence-electron chi connectivity index (χ2n) is 8.59. The van der Waals surface area contributed by atoms with E-state index in [0.717, 1.165) is 31.4 Å². The van der Waals surface area contributed by atoms with Crippen molar-refractivity contribution in [2.45, 2.75) is 115 Å². The number of hydrogen-bond acceptors (Lipinski definition) is 6. The van der Waals surface area contributed by atoms with Crippen LogP contribution in [-0.4, -0.2) is 69.7 Å². The maximum absolute atomic E-state index is 11.9. The summed E-state index contributed by atoms with van der Waals surface area (Å²) < 4.78 is 0. The lowest BCUT2D eigenvalue weighted by Gasteiger charge is -2.13. The Morgan fingerprint density at radius 1 is 0.853 bits per heavy atom. The summed E-state index contributed by atoms with van der Waals surface area (Å²) >= 11 is 1.59. The lowest BCUT2D eigenvalue weighted by Crippen LogP contribution is -2.41. The highest BCUT2D eigenvalue weighted by molar-refractivity contribution is 7.98. The maximum Gasteiger partial charge on any atom is 0.326 e. The van der Waals surface area contributed by atoms with Gasteiger partial charge in [-0.15, -0.1) is 0 Å². The van der Waals surface area contributed by atoms with Crippen LogP contribution < -0.4 is 5.32 Å². The molecule has 0 aromatic carbocycles. The number of carbonyl (C=O) groups excluding carboxylic acids is 1. The molecule has 0 radical (unpaired) electrons. The number of thioether (sulfide) groups is 1. The average Bonchev–Trinajstić information content (AvgIpc) is 2.83. The second-order valence-corrected chi connectivity index (χ2v) is 9.58. The highest BCUT2D eigenvalue weighted by Crippen LogP contribution is 2.10. The predicted octanol–water partition coefficient (Wildman–Crippen LogP) is 4.68. The van der Waals surface area contributed by atoms with Crippen LogP contribution in [0.1, 0.15) is 103 Å². The van der Waals surface area contributed by atoms with Crippen molar-refractivity contribution in [3.05, 3.63) is 12.2 Å². The zero-order valence-electron chi connectivity index (χ0n) is 21.6. The molecule has 0 aliphatic heterocycles. The van der Waals surface area contributed by atoms with Crippen LogP contribution in [0.2, 0.25) is 0 Å². The zero-order chi connectivity index (χ0) is 25.9. The minimum atomic E-state index is -0.954. The summed E-state index contributed by atoms with van der Waals surface area (Å²) in [5.41, 5.74) is 0. The van der Waals surface area contributed by atoms with Crippen LogP contribution in [0.3, 0.4) is 0 Å². The molecule has 0 saturated carbocycles. The summed E-state index contributed by atoms with van der Waals surface area (Å²) in [6.45, 7) is 1.53. The minimum Gasteiger partial charge on any atom is -0.480 e. The quantitative estimate of drug-likeness (QED) is 0.107. The molecule has 0 fully saturated rings. The number of unbranched alkanes of at least 4 members (excludes halogenated alkanes) is 11. The van der Waals surface area contributed by atoms with Crippen molar-refractivity contribution >= 4 is 23.6 Å². The molecular weight excluding hydrogens is 454 g/mol. The summed E-state index contributed by atoms with van der Waals surface area (Å²) in [5, 5.41) is 35.8. The van der Waals surface area contributed by atoms with Gasteiger partial charge in [0.1, 0.15) is 12.1 Å². The van der Waals surface area contributed by atoms with Gasteiger partial charge < -0.3 is 25.7 Å². The SMILES string of the molecule is CCCCCCCC/C=C\CCCCCCCC(=O)NC(CCSC)C(=O)O.OCC(O)CO. The molecular formula is C26H51NO6S. The fraction of sp³-hybridized carbons (Fsp3) is 0.846. The van der Waals surface area contributed by atoms with Crippen LogP contribution in [0.25, 0.3) is 0 Å². The molecule has 202 valence electrons. The molecule has 0 heterocycles. The fourth-order valence-corrected chi connectivity index (χ4v) is 3.65. The molecule has 1 unspecified atom stereocenters. The molecule has 5 N–H and O–H groups in total. The van der Waals surface area contributed by atoms with Crippen LogP contribution in [0.5, 0.6) is 0 Å². The van der Waals surface area contributed by atoms with Gasteiger partial charge in [0, 0.05) is 6.42 Å². The minimum absolute atomic E-state index is 0.133. The topological polar surface area (TPSA) is 127 Å². The predicted molar refractivity (Wildman–Crippen MR) is 142 cm³/mol. The molecule has 0 rings (SSSR count). The van der Waals surface area contributed by atoms with Gasteiger partial charge in [-0.1, -0.05) is 70.4 Å². The summed E-state index contributed by atoms with van der Waals surface area (Å²) in [6.07, 6.45) is 22.5. The van der Waals surface area contributed by atoms with Gasteiger partial charge in [-0.3, -0.25) is 4.79 Å². The third-order valence-corrected chi connectivity index (χ3v) is 5.98. The van der Waals surface area contributed by atoms with E-state index in [0.29, 0.717) is 12.8 Å². The van der Waals surface area contributed by atoms with E-state index < -0.39 is 18.1 Å². The number of nitrogens with one attached hydrogen (secondary N) is 1. The zero-order valence-corrected chi connectivity index (χ0v) is 22.4. The number of aliphatic carboxylic acids is 1. The van der Waals surface area contributed by atoms with Gasteiger partial charge >= 0.3 is 5.97 Å². The molecule has 1 amide bonds. The van der Waals surface area contributed by atoms with Gasteiger partial charge in [0.05, 0.1) is 13.2 Å². The Bertz CT molecular complexity index is 486. The van der Waals surface area contributed by atoms with E-state index in [9.17, 15) is 9.59 Å². The number of allylic oxidation sites excluding steroid dienone is 2. The lowest BCUT2D eigenvalue weighted by atomic mass is 10.1. The molecule has 0 bridgehead atoms. The van der Waals surface area contributed by atoms with Crippen molar-refractivity contribution < 1.29 is 30.0 Å². The normalized spacial score (nSPS) is 11.9. The highest BCUT2D eigenvalue weighted by Gasteiger charge is 2.18. The summed E-state index contributed by atoms with van der Waals surface area (Å²) in [4.78, 5) is 23.0. The molecule has 0 spiro atoms. The number of hydrogen-bond donors (Lipinski definition) is 5. The van der Waals surface area contributed by atoms with Crippen molar-refractivity contribution in [3.8, 4) is 0 Å². The second kappa shape index (κ2) is 28.1. The fourth-order valence-electron chi connectivity index (χ4n) is 3.17. The lowest BCUT2D eigenvalue weighted by molar-refractivity contribution is -0.141. The van der Waals surface area contributed by atoms with Crippen molar-refractivity contribution in [2.24, 2.45) is 0 Å². The maximum atomic E-state index is 11.9. The van der Waals surface area contributed by atoms with Gasteiger partial charge in [-0.05, 0) is 50.5 Å². The van der Waals surface area contributed by atoms with Crippen LogP contribution >= 0.6 is 11.8 Å². The third kappa shape index (κ3) is 27.2. The first kappa shape index (κ1) is 35.1. The Balaban J connectivity index is 0. The third-order valence-electron chi connectivity index (χ3n) is 5.33. The van der Waals surface area contributed by atoms with E-state index in [2.05, 4.69) is 24.4 Å². The number of aliphatic hydroxyl groups is 3. The number of amides is 1. The van der Waals surface area contributed by atoms with E-state index in [1.807, 2.05) is 6.26 Å². The largest absolute Gasteiger partial charge is 0.480 e. The number of carbonyl (C=O) groups is 2. The van der Waals surface area contributed by atoms with Crippen molar-refractivity contribution in [1.82, 2.24) is 5.32 Å². The Labute approximate surface area is 211 Å². The Kier molecular flexibility index (Phi) is 29.0. The van der Waals surface area contributed by atoms with Crippen LogP contribution in [0.15, 0.2) is 12.2 Å². The van der Waals surface area contributed by atoms with E-state index in [1.54, 1.807) is 11.8 Å². The van der Waals surface area contributed by atoms with Crippen molar-refractivity contribution in [3.63, 3.8) is 0 Å². The molecule has 0 saturated heterocycles. The summed E-state index contributed by atoms with van der Waals surface area (Å²) in [6, 6.07) is -0.747. The molecule has 1 atom stereocenters. The number of carboxylic acid groups (broad SMARTS) is 1. The number of rotatable bonds is 22. The van der Waals surface area contributed by atoms with E-state index in [1.165, 1.54) is 57.8 Å². The van der Waals surface area contributed by atoms with E-state index >= 15 is 0 Å². The van der Waals surface area contributed by atoms with Crippen LogP contribution in [0.4, 0.5) is 0 Å². The Hall–Kier alpha value is -1.09. The van der Waals surface area contributed by atoms with Gasteiger partial charge in [0.15, 0.2) is 0 Å². The van der Waals surface area contributed by atoms with E-state index in [4.69, 9.17) is 20.4 Å². The van der Waals surface area contributed by atoms with Gasteiger partial charge in [-0.25, -0.2) is 4.79 Å². The van der Waals surface area contributed by atoms with Crippen LogP contribution in [-0.2, 0) is 9.59 Å². The summed E-state index contributed by atoms with van der Waals surface area (Å²) in [7, 11) is 0. The van der Waals surface area contributed by atoms with Crippen molar-refractivity contribution in [2.75, 3.05) is 25.2 Å². The standard InChI is InChI=1S/C23H43NO3S.C3H8O3/c1-3-4-5-6-7-8-9-10-11-12-13-14-15-16-17-18-22(25)24-21(23(26)27)19-20-28-2;4-1-3(6)2-5/h10-11,21H,3-9,12-20H2,1-2H3,(H,24,25)(H,26,27);3-6H,1-2H2/b11-10-;. The Morgan fingerprint density at radius 3 is 1.79 bits per heavy atom. The molecule has 0 aliphatic carbocycles. The molecule has 0 aliphatic rings.